The van der Waals surface area contributed by atoms with Gasteiger partial charge in [0, 0.05) is 13.1 Å². The van der Waals surface area contributed by atoms with E-state index in [1.54, 1.807) is 13.8 Å². The largest absolute Gasteiger partial charge is 0.461 e. The topological polar surface area (TPSA) is 96.9 Å². The van der Waals surface area contributed by atoms with Crippen LogP contribution < -0.4 is 10.6 Å². The van der Waals surface area contributed by atoms with Crippen LogP contribution >= 0.6 is 0 Å². The molecule has 0 saturated carbocycles. The molecule has 1 amide bonds. The van der Waals surface area contributed by atoms with Crippen LogP contribution in [0.15, 0.2) is 30.3 Å². The molecule has 1 rings (SSSR count). The van der Waals surface area contributed by atoms with Gasteiger partial charge in [-0.1, -0.05) is 89.6 Å². The van der Waals surface area contributed by atoms with Gasteiger partial charge >= 0.3 is 12.1 Å². The lowest BCUT2D eigenvalue weighted by molar-refractivity contribution is -0.151. The van der Waals surface area contributed by atoms with Crippen molar-refractivity contribution in [2.45, 2.75) is 78.2 Å². The van der Waals surface area contributed by atoms with E-state index in [0.717, 1.165) is 13.0 Å². The van der Waals surface area contributed by atoms with E-state index in [1.165, 1.54) is 50.5 Å². The molecule has 7 heteroatoms. The molecule has 0 aromatic heterocycles. The Kier molecular flexibility index (Phi) is 16.9. The van der Waals surface area contributed by atoms with Gasteiger partial charge in [-0.3, -0.25) is 4.79 Å². The Morgan fingerprint density at radius 2 is 1.71 bits per heavy atom. The highest BCUT2D eigenvalue weighted by Gasteiger charge is 2.17. The Morgan fingerprint density at radius 1 is 1.00 bits per heavy atom. The van der Waals surface area contributed by atoms with Gasteiger partial charge in [0.2, 0.25) is 0 Å². The Morgan fingerprint density at radius 3 is 2.38 bits per heavy atom. The van der Waals surface area contributed by atoms with Gasteiger partial charge in [0.05, 0.1) is 12.5 Å². The number of aliphatic hydroxyl groups excluding tert-OH is 1. The number of ether oxygens (including phenoxy) is 2. The second-order valence-corrected chi connectivity index (χ2v) is 9.24. The lowest BCUT2D eigenvalue weighted by Gasteiger charge is -2.19. The van der Waals surface area contributed by atoms with E-state index in [0.29, 0.717) is 19.0 Å². The summed E-state index contributed by atoms with van der Waals surface area (Å²) in [6.45, 7) is 7.05. The maximum atomic E-state index is 12.0. The molecule has 2 atom stereocenters. The molecular formula is C27H46N2O5. The molecule has 0 bridgehead atoms. The number of carbonyl (C=O) groups is 2. The number of unbranched alkanes of at least 4 members (excludes halogenated alkanes) is 5. The zero-order chi connectivity index (χ0) is 25.0. The Balaban J connectivity index is 2.30. The van der Waals surface area contributed by atoms with Crippen LogP contribution in [0.2, 0.25) is 0 Å². The van der Waals surface area contributed by atoms with E-state index in [-0.39, 0.29) is 12.5 Å². The first kappa shape index (κ1) is 29.9. The molecule has 2 unspecified atom stereocenters. The fourth-order valence-corrected chi connectivity index (χ4v) is 3.65. The first-order valence-corrected chi connectivity index (χ1v) is 12.9. The second-order valence-electron chi connectivity index (χ2n) is 9.24. The molecule has 0 aliphatic carbocycles. The molecule has 1 aromatic rings. The Bertz CT molecular complexity index is 654. The van der Waals surface area contributed by atoms with Gasteiger partial charge in [-0.2, -0.15) is 0 Å². The fraction of sp³-hybridized carbons (Fsp3) is 0.704. The molecule has 194 valence electrons. The summed E-state index contributed by atoms with van der Waals surface area (Å²) in [6, 6.07) is 10.6. The number of hydrogen-bond donors (Lipinski definition) is 3. The zero-order valence-corrected chi connectivity index (χ0v) is 21.4. The van der Waals surface area contributed by atoms with Crippen molar-refractivity contribution in [2.24, 2.45) is 11.8 Å². The summed E-state index contributed by atoms with van der Waals surface area (Å²) in [5, 5.41) is 15.5. The molecule has 1 aromatic carbocycles. The summed E-state index contributed by atoms with van der Waals surface area (Å²) >= 11 is 0. The molecule has 0 aliphatic rings. The van der Waals surface area contributed by atoms with Crippen LogP contribution in [0.1, 0.15) is 71.3 Å². The molecule has 7 nitrogen and oxygen atoms in total. The zero-order valence-electron chi connectivity index (χ0n) is 21.4. The number of hydrogen-bond acceptors (Lipinski definition) is 6. The van der Waals surface area contributed by atoms with Crippen LogP contribution in [-0.2, 0) is 20.7 Å². The molecule has 34 heavy (non-hydrogen) atoms. The first-order chi connectivity index (χ1) is 16.5. The van der Waals surface area contributed by atoms with E-state index in [9.17, 15) is 14.7 Å². The average molecular weight is 479 g/mol. The van der Waals surface area contributed by atoms with Crippen LogP contribution in [0, 0.1) is 11.8 Å². The van der Waals surface area contributed by atoms with E-state index in [4.69, 9.17) is 9.47 Å². The average Bonchev–Trinajstić information content (AvgIpc) is 2.83. The van der Waals surface area contributed by atoms with Crippen molar-refractivity contribution in [2.75, 3.05) is 32.8 Å². The van der Waals surface area contributed by atoms with Gasteiger partial charge < -0.3 is 25.2 Å². The standard InChI is InChI=1S/C27H46N2O5/c1-4-5-6-7-8-10-15-24(18-23-13-11-9-12-14-23)19-28-16-17-29-27(32)34-25(20-30)21-33-26(31)22(2)3/h9,11-14,22,24-25,28,30H,4-8,10,15-21H2,1-3H3,(H,29,32). The predicted octanol–water partition coefficient (Wildman–Crippen LogP) is 4.47. The minimum Gasteiger partial charge on any atom is -0.461 e. The number of rotatable bonds is 19. The predicted molar refractivity (Wildman–Crippen MR) is 136 cm³/mol. The van der Waals surface area contributed by atoms with E-state index in [1.807, 2.05) is 6.07 Å². The third-order valence-electron chi connectivity index (χ3n) is 5.70. The number of esters is 1. The summed E-state index contributed by atoms with van der Waals surface area (Å²) in [5.74, 6) is -0.112. The highest BCUT2D eigenvalue weighted by molar-refractivity contribution is 5.71. The van der Waals surface area contributed by atoms with Gasteiger partial charge in [-0.25, -0.2) is 4.79 Å². The number of amides is 1. The smallest absolute Gasteiger partial charge is 0.407 e. The Labute approximate surface area is 206 Å². The molecule has 0 heterocycles. The van der Waals surface area contributed by atoms with Crippen molar-refractivity contribution >= 4 is 12.1 Å². The van der Waals surface area contributed by atoms with E-state index >= 15 is 0 Å². The minimum atomic E-state index is -0.872. The van der Waals surface area contributed by atoms with Crippen molar-refractivity contribution in [3.05, 3.63) is 35.9 Å². The number of benzene rings is 1. The molecular weight excluding hydrogens is 432 g/mol. The van der Waals surface area contributed by atoms with Crippen LogP contribution in [0.4, 0.5) is 4.79 Å². The summed E-state index contributed by atoms with van der Waals surface area (Å²) in [4.78, 5) is 23.5. The summed E-state index contributed by atoms with van der Waals surface area (Å²) in [5.41, 5.74) is 1.36. The quantitative estimate of drug-likeness (QED) is 0.200. The highest BCUT2D eigenvalue weighted by Crippen LogP contribution is 2.16. The minimum absolute atomic E-state index is 0.154. The molecule has 0 saturated heterocycles. The van der Waals surface area contributed by atoms with E-state index < -0.39 is 24.8 Å². The van der Waals surface area contributed by atoms with Gasteiger partial charge in [-0.15, -0.1) is 0 Å². The van der Waals surface area contributed by atoms with Crippen LogP contribution in [0.3, 0.4) is 0 Å². The summed E-state index contributed by atoms with van der Waals surface area (Å²) in [6.07, 6.45) is 8.52. The SMILES string of the molecule is CCCCCCCCC(CNCCNC(=O)OC(CO)COC(=O)C(C)C)Cc1ccccc1. The van der Waals surface area contributed by atoms with Crippen LogP contribution in [0.25, 0.3) is 0 Å². The number of nitrogens with one attached hydrogen (secondary N) is 2. The number of aliphatic hydroxyl groups is 1. The number of alkyl carbamates (subject to hydrolysis) is 1. The van der Waals surface area contributed by atoms with Crippen molar-refractivity contribution in [1.82, 2.24) is 10.6 Å². The first-order valence-electron chi connectivity index (χ1n) is 12.9. The van der Waals surface area contributed by atoms with Crippen molar-refractivity contribution in [1.29, 1.82) is 0 Å². The third-order valence-corrected chi connectivity index (χ3v) is 5.70. The van der Waals surface area contributed by atoms with Crippen molar-refractivity contribution < 1.29 is 24.2 Å². The Hall–Kier alpha value is -2.12. The molecule has 0 radical (unpaired) electrons. The van der Waals surface area contributed by atoms with Crippen molar-refractivity contribution in [3.8, 4) is 0 Å². The highest BCUT2D eigenvalue weighted by atomic mass is 16.6. The monoisotopic (exact) mass is 478 g/mol. The maximum Gasteiger partial charge on any atom is 0.407 e. The van der Waals surface area contributed by atoms with Crippen molar-refractivity contribution in [3.63, 3.8) is 0 Å². The maximum absolute atomic E-state index is 12.0. The van der Waals surface area contributed by atoms with Gasteiger partial charge in [0.25, 0.3) is 0 Å². The lowest BCUT2D eigenvalue weighted by Crippen LogP contribution is -2.38. The van der Waals surface area contributed by atoms with Gasteiger partial charge in [0.1, 0.15) is 6.61 Å². The van der Waals surface area contributed by atoms with Gasteiger partial charge in [0.15, 0.2) is 6.10 Å². The number of carbonyl (C=O) groups excluding carboxylic acids is 2. The van der Waals surface area contributed by atoms with E-state index in [2.05, 4.69) is 41.8 Å². The fourth-order valence-electron chi connectivity index (χ4n) is 3.65. The lowest BCUT2D eigenvalue weighted by atomic mass is 9.93. The van der Waals surface area contributed by atoms with Crippen LogP contribution in [-0.4, -0.2) is 56.1 Å². The summed E-state index contributed by atoms with van der Waals surface area (Å²) in [7, 11) is 0. The molecule has 0 spiro atoms. The van der Waals surface area contributed by atoms with Crippen LogP contribution in [0.5, 0.6) is 0 Å². The second kappa shape index (κ2) is 19.2. The summed E-state index contributed by atoms with van der Waals surface area (Å²) < 4.78 is 10.1. The van der Waals surface area contributed by atoms with Gasteiger partial charge in [-0.05, 0) is 30.9 Å². The normalized spacial score (nSPS) is 12.9. The third kappa shape index (κ3) is 14.9. The molecule has 3 N–H and O–H groups in total. The molecule has 0 aliphatic heterocycles. The molecule has 0 fully saturated rings.